The van der Waals surface area contributed by atoms with Crippen LogP contribution in [0.4, 0.5) is 0 Å². The minimum Gasteiger partial charge on any atom is -0.0654 e. The van der Waals surface area contributed by atoms with Gasteiger partial charge in [0.15, 0.2) is 0 Å². The van der Waals surface area contributed by atoms with Crippen molar-refractivity contribution in [2.24, 2.45) is 35.5 Å². The fraction of sp³-hybridized carbons (Fsp3) is 1.00. The molecule has 0 heteroatoms. The zero-order chi connectivity index (χ0) is 19.6. The summed E-state index contributed by atoms with van der Waals surface area (Å²) in [5, 5.41) is 0. The van der Waals surface area contributed by atoms with E-state index in [1.807, 2.05) is 0 Å². The van der Waals surface area contributed by atoms with E-state index in [4.69, 9.17) is 0 Å². The Kier molecular flexibility index (Phi) is 10.2. The maximum Gasteiger partial charge on any atom is -0.0383 e. The summed E-state index contributed by atoms with van der Waals surface area (Å²) >= 11 is 0. The van der Waals surface area contributed by atoms with Crippen molar-refractivity contribution in [3.8, 4) is 0 Å². The quantitative estimate of drug-likeness (QED) is 0.327. The molecule has 164 valence electrons. The molecular weight excluding hydrogens is 336 g/mol. The highest BCUT2D eigenvalue weighted by Gasteiger charge is 2.34. The van der Waals surface area contributed by atoms with Crippen molar-refractivity contribution >= 4 is 0 Å². The summed E-state index contributed by atoms with van der Waals surface area (Å²) in [6.07, 6.45) is 30.7. The van der Waals surface area contributed by atoms with Crippen molar-refractivity contribution in [3.63, 3.8) is 0 Å². The molecule has 2 atom stereocenters. The Labute approximate surface area is 178 Å². The highest BCUT2D eigenvalue weighted by atomic mass is 14.4. The van der Waals surface area contributed by atoms with Gasteiger partial charge in [-0.15, -0.1) is 0 Å². The van der Waals surface area contributed by atoms with Crippen LogP contribution >= 0.6 is 0 Å². The molecule has 0 N–H and O–H groups in total. The highest BCUT2D eigenvalue weighted by molar-refractivity contribution is 4.86. The summed E-state index contributed by atoms with van der Waals surface area (Å²) in [7, 11) is 0. The van der Waals surface area contributed by atoms with Crippen LogP contribution in [0.2, 0.25) is 0 Å². The normalized spacial score (nSPS) is 37.1. The van der Waals surface area contributed by atoms with Gasteiger partial charge in [0, 0.05) is 0 Å². The standard InChI is InChI=1S/C28H52/c1-3-5-7-10-23-14-16-25(17-15-23)26-18-20-27(21-19-26)28-13-9-12-24(22-28)11-8-6-4-2/h23-28H,3-22H2,1-2H3/t23-,24-,25-,26?,27?,28+/m0/s1. The first-order chi connectivity index (χ1) is 13.8. The van der Waals surface area contributed by atoms with E-state index in [0.717, 1.165) is 35.5 Å². The lowest BCUT2D eigenvalue weighted by Gasteiger charge is -2.41. The van der Waals surface area contributed by atoms with E-state index >= 15 is 0 Å². The molecule has 0 unspecified atom stereocenters. The number of hydrogen-bond acceptors (Lipinski definition) is 0. The third-order valence-corrected chi connectivity index (χ3v) is 9.30. The predicted octanol–water partition coefficient (Wildman–Crippen LogP) is 9.57. The molecule has 3 saturated carbocycles. The molecule has 0 amide bonds. The lowest BCUT2D eigenvalue weighted by Crippen LogP contribution is -2.30. The molecule has 3 fully saturated rings. The first-order valence-corrected chi connectivity index (χ1v) is 13.8. The lowest BCUT2D eigenvalue weighted by molar-refractivity contribution is 0.0980. The summed E-state index contributed by atoms with van der Waals surface area (Å²) in [5.41, 5.74) is 0. The van der Waals surface area contributed by atoms with Crippen molar-refractivity contribution in [2.45, 2.75) is 142 Å². The van der Waals surface area contributed by atoms with Crippen molar-refractivity contribution in [1.29, 1.82) is 0 Å². The van der Waals surface area contributed by atoms with Gasteiger partial charge in [-0.1, -0.05) is 97.3 Å². The van der Waals surface area contributed by atoms with Gasteiger partial charge in [-0.25, -0.2) is 0 Å². The zero-order valence-corrected chi connectivity index (χ0v) is 19.6. The molecule has 3 aliphatic rings. The van der Waals surface area contributed by atoms with Gasteiger partial charge in [0.05, 0.1) is 0 Å². The average molecular weight is 389 g/mol. The van der Waals surface area contributed by atoms with E-state index in [1.165, 1.54) is 44.9 Å². The van der Waals surface area contributed by atoms with Crippen molar-refractivity contribution in [1.82, 2.24) is 0 Å². The van der Waals surface area contributed by atoms with Crippen molar-refractivity contribution in [3.05, 3.63) is 0 Å². The highest BCUT2D eigenvalue weighted by Crippen LogP contribution is 2.47. The molecule has 0 spiro atoms. The second-order valence-corrected chi connectivity index (χ2v) is 11.2. The van der Waals surface area contributed by atoms with E-state index in [0.29, 0.717) is 0 Å². The van der Waals surface area contributed by atoms with Crippen LogP contribution in [0.3, 0.4) is 0 Å². The van der Waals surface area contributed by atoms with E-state index in [9.17, 15) is 0 Å². The Hall–Kier alpha value is 0. The van der Waals surface area contributed by atoms with Crippen LogP contribution in [0.5, 0.6) is 0 Å². The molecule has 0 aliphatic heterocycles. The Morgan fingerprint density at radius 3 is 1.54 bits per heavy atom. The van der Waals surface area contributed by atoms with Gasteiger partial charge in [0.1, 0.15) is 0 Å². The Bertz CT molecular complexity index is 383. The Balaban J connectivity index is 1.33. The third-order valence-electron chi connectivity index (χ3n) is 9.30. The first-order valence-electron chi connectivity index (χ1n) is 13.8. The van der Waals surface area contributed by atoms with Crippen LogP contribution < -0.4 is 0 Å². The van der Waals surface area contributed by atoms with Crippen LogP contribution in [0.15, 0.2) is 0 Å². The SMILES string of the molecule is CCCCC[C@H]1CCC[C@@H](C2CCC([C@H]3CC[C@H](CCCCC)CC3)CC2)C1. The average Bonchev–Trinajstić information content (AvgIpc) is 2.75. The molecule has 0 aromatic carbocycles. The molecule has 0 aromatic heterocycles. The molecule has 0 saturated heterocycles. The van der Waals surface area contributed by atoms with Crippen LogP contribution in [0.1, 0.15) is 142 Å². The molecule has 0 bridgehead atoms. The van der Waals surface area contributed by atoms with Crippen LogP contribution in [-0.2, 0) is 0 Å². The zero-order valence-electron chi connectivity index (χ0n) is 19.6. The Morgan fingerprint density at radius 1 is 0.464 bits per heavy atom. The molecule has 0 aromatic rings. The monoisotopic (exact) mass is 388 g/mol. The van der Waals surface area contributed by atoms with Gasteiger partial charge in [-0.2, -0.15) is 0 Å². The molecule has 0 radical (unpaired) electrons. The number of hydrogen-bond donors (Lipinski definition) is 0. The third kappa shape index (κ3) is 7.05. The summed E-state index contributed by atoms with van der Waals surface area (Å²) in [5.74, 6) is 6.61. The van der Waals surface area contributed by atoms with E-state index in [2.05, 4.69) is 13.8 Å². The smallest absolute Gasteiger partial charge is 0.0383 e. The second-order valence-electron chi connectivity index (χ2n) is 11.2. The predicted molar refractivity (Wildman–Crippen MR) is 125 cm³/mol. The first kappa shape index (κ1) is 22.7. The van der Waals surface area contributed by atoms with Crippen LogP contribution in [-0.4, -0.2) is 0 Å². The van der Waals surface area contributed by atoms with Gasteiger partial charge in [0.2, 0.25) is 0 Å². The summed E-state index contributed by atoms with van der Waals surface area (Å²) in [4.78, 5) is 0. The molecule has 3 aliphatic carbocycles. The van der Waals surface area contributed by atoms with Crippen molar-refractivity contribution in [2.75, 3.05) is 0 Å². The van der Waals surface area contributed by atoms with Crippen molar-refractivity contribution < 1.29 is 0 Å². The van der Waals surface area contributed by atoms with E-state index in [1.54, 1.807) is 83.5 Å². The number of unbranched alkanes of at least 4 members (excludes halogenated alkanes) is 4. The van der Waals surface area contributed by atoms with Gasteiger partial charge in [0.25, 0.3) is 0 Å². The fourth-order valence-corrected chi connectivity index (χ4v) is 7.43. The molecule has 0 heterocycles. The van der Waals surface area contributed by atoms with Gasteiger partial charge in [-0.3, -0.25) is 0 Å². The molecule has 28 heavy (non-hydrogen) atoms. The number of rotatable bonds is 10. The van der Waals surface area contributed by atoms with E-state index < -0.39 is 0 Å². The largest absolute Gasteiger partial charge is 0.0654 e. The minimum absolute atomic E-state index is 1.09. The molecule has 0 nitrogen and oxygen atoms in total. The maximum absolute atomic E-state index is 2.35. The second kappa shape index (κ2) is 12.6. The molecular formula is C28H52. The lowest BCUT2D eigenvalue weighted by atomic mass is 9.64. The van der Waals surface area contributed by atoms with Gasteiger partial charge < -0.3 is 0 Å². The molecule has 3 rings (SSSR count). The van der Waals surface area contributed by atoms with Gasteiger partial charge >= 0.3 is 0 Å². The topological polar surface area (TPSA) is 0 Å². The summed E-state index contributed by atoms with van der Waals surface area (Å²) in [6, 6.07) is 0. The minimum atomic E-state index is 1.09. The van der Waals surface area contributed by atoms with Gasteiger partial charge in [-0.05, 0) is 80.5 Å². The van der Waals surface area contributed by atoms with Crippen LogP contribution in [0.25, 0.3) is 0 Å². The summed E-state index contributed by atoms with van der Waals surface area (Å²) in [6.45, 7) is 4.69. The fourth-order valence-electron chi connectivity index (χ4n) is 7.43. The van der Waals surface area contributed by atoms with E-state index in [-0.39, 0.29) is 0 Å². The van der Waals surface area contributed by atoms with Crippen LogP contribution in [0, 0.1) is 35.5 Å². The Morgan fingerprint density at radius 2 is 0.964 bits per heavy atom. The summed E-state index contributed by atoms with van der Waals surface area (Å²) < 4.78 is 0. The maximum atomic E-state index is 2.35.